The summed E-state index contributed by atoms with van der Waals surface area (Å²) < 4.78 is 0. The van der Waals surface area contributed by atoms with Crippen molar-refractivity contribution in [3.8, 4) is 0 Å². The molecule has 1 amide bonds. The van der Waals surface area contributed by atoms with Crippen LogP contribution >= 0.6 is 0 Å². The number of carbonyl (C=O) groups is 1. The third kappa shape index (κ3) is 5.19. The van der Waals surface area contributed by atoms with Crippen molar-refractivity contribution in [3.63, 3.8) is 0 Å². The quantitative estimate of drug-likeness (QED) is 0.675. The van der Waals surface area contributed by atoms with Gasteiger partial charge in [-0.05, 0) is 37.6 Å². The summed E-state index contributed by atoms with van der Waals surface area (Å²) in [6, 6.07) is 7.52. The van der Waals surface area contributed by atoms with Gasteiger partial charge in [0, 0.05) is 36.9 Å². The molecular formula is C15H25N3O2. The number of benzene rings is 1. The zero-order chi connectivity index (χ0) is 15.0. The Morgan fingerprint density at radius 3 is 2.50 bits per heavy atom. The van der Waals surface area contributed by atoms with E-state index in [0.717, 1.165) is 24.3 Å². The van der Waals surface area contributed by atoms with Gasteiger partial charge >= 0.3 is 0 Å². The highest BCUT2D eigenvalue weighted by molar-refractivity contribution is 5.91. The maximum atomic E-state index is 11.7. The van der Waals surface area contributed by atoms with Crippen LogP contribution in [0.3, 0.4) is 0 Å². The Morgan fingerprint density at radius 1 is 1.35 bits per heavy atom. The Hall–Kier alpha value is -1.59. The van der Waals surface area contributed by atoms with Crippen LogP contribution in [0, 0.1) is 0 Å². The van der Waals surface area contributed by atoms with E-state index in [1.165, 1.54) is 0 Å². The summed E-state index contributed by atoms with van der Waals surface area (Å²) in [7, 11) is 0. The smallest absolute Gasteiger partial charge is 0.225 e. The van der Waals surface area contributed by atoms with Gasteiger partial charge in [-0.3, -0.25) is 4.79 Å². The highest BCUT2D eigenvalue weighted by Crippen LogP contribution is 2.17. The number of carbonyl (C=O) groups excluding carboxylic acids is 1. The van der Waals surface area contributed by atoms with E-state index in [1.807, 2.05) is 38.1 Å². The monoisotopic (exact) mass is 279 g/mol. The SMILES string of the molecule is CCC(N)CC(=O)Nc1ccc(N(CC)CCO)cc1. The minimum absolute atomic E-state index is 0.0604. The molecular weight excluding hydrogens is 254 g/mol. The third-order valence-corrected chi connectivity index (χ3v) is 3.24. The van der Waals surface area contributed by atoms with Gasteiger partial charge in [0.05, 0.1) is 6.61 Å². The van der Waals surface area contributed by atoms with Crippen molar-refractivity contribution in [2.75, 3.05) is 29.9 Å². The van der Waals surface area contributed by atoms with E-state index in [0.29, 0.717) is 13.0 Å². The van der Waals surface area contributed by atoms with E-state index in [2.05, 4.69) is 10.2 Å². The molecule has 0 bridgehead atoms. The molecule has 4 N–H and O–H groups in total. The zero-order valence-electron chi connectivity index (χ0n) is 12.3. The van der Waals surface area contributed by atoms with Crippen molar-refractivity contribution in [3.05, 3.63) is 24.3 Å². The van der Waals surface area contributed by atoms with Crippen LogP contribution in [0.5, 0.6) is 0 Å². The van der Waals surface area contributed by atoms with Crippen LogP contribution < -0.4 is 16.0 Å². The summed E-state index contributed by atoms with van der Waals surface area (Å²) in [6.07, 6.45) is 1.13. The number of nitrogens with two attached hydrogens (primary N) is 1. The first-order valence-electron chi connectivity index (χ1n) is 7.12. The number of hydrogen-bond acceptors (Lipinski definition) is 4. The van der Waals surface area contributed by atoms with Crippen LogP contribution in [0.2, 0.25) is 0 Å². The summed E-state index contributed by atoms with van der Waals surface area (Å²) in [5, 5.41) is 11.8. The van der Waals surface area contributed by atoms with Gasteiger partial charge in [0.2, 0.25) is 5.91 Å². The lowest BCUT2D eigenvalue weighted by Crippen LogP contribution is -2.27. The number of nitrogens with zero attached hydrogens (tertiary/aromatic N) is 1. The van der Waals surface area contributed by atoms with Crippen LogP contribution in [0.4, 0.5) is 11.4 Å². The van der Waals surface area contributed by atoms with Crippen molar-refractivity contribution in [2.45, 2.75) is 32.7 Å². The topological polar surface area (TPSA) is 78.6 Å². The maximum Gasteiger partial charge on any atom is 0.225 e. The predicted octanol–water partition coefficient (Wildman–Crippen LogP) is 1.57. The van der Waals surface area contributed by atoms with Crippen molar-refractivity contribution in [2.24, 2.45) is 5.73 Å². The summed E-state index contributed by atoms with van der Waals surface area (Å²) in [4.78, 5) is 13.8. The van der Waals surface area contributed by atoms with Gasteiger partial charge < -0.3 is 21.1 Å². The molecule has 0 radical (unpaired) electrons. The van der Waals surface area contributed by atoms with E-state index in [1.54, 1.807) is 0 Å². The molecule has 1 aromatic rings. The lowest BCUT2D eigenvalue weighted by Gasteiger charge is -2.22. The average molecular weight is 279 g/mol. The van der Waals surface area contributed by atoms with Crippen molar-refractivity contribution >= 4 is 17.3 Å². The Bertz CT molecular complexity index is 406. The van der Waals surface area contributed by atoms with Gasteiger partial charge in [-0.1, -0.05) is 6.92 Å². The second kappa shape index (κ2) is 8.55. The highest BCUT2D eigenvalue weighted by Gasteiger charge is 2.08. The average Bonchev–Trinajstić information content (AvgIpc) is 2.45. The summed E-state index contributed by atoms with van der Waals surface area (Å²) in [5.41, 5.74) is 7.55. The number of rotatable bonds is 8. The van der Waals surface area contributed by atoms with Gasteiger partial charge in [-0.25, -0.2) is 0 Å². The summed E-state index contributed by atoms with van der Waals surface area (Å²) in [6.45, 7) is 5.57. The number of aliphatic hydroxyl groups excluding tert-OH is 1. The molecule has 0 spiro atoms. The molecule has 1 atom stereocenters. The third-order valence-electron chi connectivity index (χ3n) is 3.24. The maximum absolute atomic E-state index is 11.7. The molecule has 1 rings (SSSR count). The molecule has 0 fully saturated rings. The van der Waals surface area contributed by atoms with Crippen LogP contribution in [-0.4, -0.2) is 36.8 Å². The normalized spacial score (nSPS) is 12.0. The number of amides is 1. The van der Waals surface area contributed by atoms with E-state index in [-0.39, 0.29) is 18.6 Å². The predicted molar refractivity (Wildman–Crippen MR) is 82.9 cm³/mol. The Morgan fingerprint density at radius 2 is 2.00 bits per heavy atom. The molecule has 0 aliphatic heterocycles. The van der Waals surface area contributed by atoms with Gasteiger partial charge in [0.15, 0.2) is 0 Å². The van der Waals surface area contributed by atoms with Gasteiger partial charge in [0.25, 0.3) is 0 Å². The first kappa shape index (κ1) is 16.5. The van der Waals surface area contributed by atoms with Crippen molar-refractivity contribution in [1.82, 2.24) is 0 Å². The number of aliphatic hydroxyl groups is 1. The van der Waals surface area contributed by atoms with E-state index in [4.69, 9.17) is 10.8 Å². The van der Waals surface area contributed by atoms with Crippen LogP contribution in [0.25, 0.3) is 0 Å². The molecule has 0 saturated carbocycles. The van der Waals surface area contributed by atoms with Crippen molar-refractivity contribution in [1.29, 1.82) is 0 Å². The second-order valence-electron chi connectivity index (χ2n) is 4.77. The molecule has 5 nitrogen and oxygen atoms in total. The second-order valence-corrected chi connectivity index (χ2v) is 4.77. The van der Waals surface area contributed by atoms with Gasteiger partial charge in [0.1, 0.15) is 0 Å². The molecule has 0 aliphatic rings. The summed E-state index contributed by atoms with van der Waals surface area (Å²) >= 11 is 0. The van der Waals surface area contributed by atoms with Gasteiger partial charge in [-0.15, -0.1) is 0 Å². The first-order valence-corrected chi connectivity index (χ1v) is 7.12. The largest absolute Gasteiger partial charge is 0.395 e. The minimum Gasteiger partial charge on any atom is -0.395 e. The molecule has 0 heterocycles. The Labute approximate surface area is 120 Å². The fraction of sp³-hybridized carbons (Fsp3) is 0.533. The number of likely N-dealkylation sites (N-methyl/N-ethyl adjacent to an activating group) is 1. The molecule has 0 aromatic heterocycles. The van der Waals surface area contributed by atoms with Crippen LogP contribution in [-0.2, 0) is 4.79 Å². The fourth-order valence-corrected chi connectivity index (χ4v) is 1.94. The number of nitrogens with one attached hydrogen (secondary N) is 1. The Balaban J connectivity index is 2.60. The number of anilines is 2. The van der Waals surface area contributed by atoms with Crippen molar-refractivity contribution < 1.29 is 9.90 Å². The molecule has 0 aliphatic carbocycles. The lowest BCUT2D eigenvalue weighted by atomic mass is 10.1. The highest BCUT2D eigenvalue weighted by atomic mass is 16.3. The van der Waals surface area contributed by atoms with Gasteiger partial charge in [-0.2, -0.15) is 0 Å². The summed E-state index contributed by atoms with van der Waals surface area (Å²) in [5.74, 6) is -0.0604. The minimum atomic E-state index is -0.0885. The van der Waals surface area contributed by atoms with E-state index >= 15 is 0 Å². The molecule has 1 aromatic carbocycles. The zero-order valence-corrected chi connectivity index (χ0v) is 12.3. The Kier molecular flexibility index (Phi) is 7.04. The fourth-order valence-electron chi connectivity index (χ4n) is 1.94. The molecule has 5 heteroatoms. The van der Waals surface area contributed by atoms with E-state index in [9.17, 15) is 4.79 Å². The standard InChI is InChI=1S/C15H25N3O2/c1-3-12(16)11-15(20)17-13-5-7-14(8-6-13)18(4-2)9-10-19/h5-8,12,19H,3-4,9-11,16H2,1-2H3,(H,17,20). The van der Waals surface area contributed by atoms with Crippen LogP contribution in [0.1, 0.15) is 26.7 Å². The first-order chi connectivity index (χ1) is 9.60. The van der Waals surface area contributed by atoms with Crippen LogP contribution in [0.15, 0.2) is 24.3 Å². The van der Waals surface area contributed by atoms with E-state index < -0.39 is 0 Å². The number of hydrogen-bond donors (Lipinski definition) is 3. The molecule has 1 unspecified atom stereocenters. The lowest BCUT2D eigenvalue weighted by molar-refractivity contribution is -0.116. The molecule has 0 saturated heterocycles. The molecule has 20 heavy (non-hydrogen) atoms. The molecule has 112 valence electrons.